The van der Waals surface area contributed by atoms with Crippen LogP contribution in [0.25, 0.3) is 188 Å². The molecule has 1 fully saturated rings. The molecule has 7 heterocycles. The number of fused-ring (bicyclic) bond motifs is 6. The number of thiophene rings is 2. The van der Waals surface area contributed by atoms with Crippen LogP contribution in [0, 0.1) is 0 Å². The Kier molecular flexibility index (Phi) is 21.0. The highest BCUT2D eigenvalue weighted by molar-refractivity contribution is 7.26. The molecule has 1 aliphatic heterocycles. The van der Waals surface area contributed by atoms with Gasteiger partial charge in [0.25, 0.3) is 0 Å². The van der Waals surface area contributed by atoms with E-state index >= 15 is 0 Å². The molecule has 6 aromatic heterocycles. The second-order valence-corrected chi connectivity index (χ2v) is 32.7. The summed E-state index contributed by atoms with van der Waals surface area (Å²) in [6, 6.07) is 128. The Labute approximate surface area is 708 Å². The molecule has 0 amide bonds. The van der Waals surface area contributed by atoms with Crippen molar-refractivity contribution in [3.05, 3.63) is 381 Å². The van der Waals surface area contributed by atoms with Gasteiger partial charge in [-0.15, -0.1) is 22.7 Å². The lowest BCUT2D eigenvalue weighted by molar-refractivity contribution is 0.00578. The first kappa shape index (κ1) is 76.0. The van der Waals surface area contributed by atoms with E-state index in [2.05, 4.69) is 231 Å². The monoisotopic (exact) mass is 1600 g/mol. The molecule has 0 aliphatic carbocycles. The van der Waals surface area contributed by atoms with E-state index in [1.54, 1.807) is 0 Å². The van der Waals surface area contributed by atoms with Crippen molar-refractivity contribution in [1.82, 2.24) is 49.8 Å². The van der Waals surface area contributed by atoms with E-state index in [0.717, 1.165) is 106 Å². The van der Waals surface area contributed by atoms with Crippen molar-refractivity contribution in [1.29, 1.82) is 0 Å². The zero-order valence-electron chi connectivity index (χ0n) is 65.9. The molecule has 0 saturated carbocycles. The third kappa shape index (κ3) is 15.9. The summed E-state index contributed by atoms with van der Waals surface area (Å²) >= 11 is 9.76. The Morgan fingerprint density at radius 2 is 0.508 bits per heavy atom. The molecule has 16 heteroatoms. The molecule has 20 aromatic rings. The normalized spacial score (nSPS) is 12.8. The Morgan fingerprint density at radius 1 is 0.233 bits per heavy atom. The first-order chi connectivity index (χ1) is 58.8. The minimum Gasteiger partial charge on any atom is -0.399 e. The third-order valence-corrected chi connectivity index (χ3v) is 24.4. The summed E-state index contributed by atoms with van der Waals surface area (Å²) in [6.07, 6.45) is 0. The van der Waals surface area contributed by atoms with Gasteiger partial charge in [0.05, 0.1) is 34.0 Å². The van der Waals surface area contributed by atoms with Crippen LogP contribution in [-0.2, 0) is 9.31 Å². The Hall–Kier alpha value is -14.0. The van der Waals surface area contributed by atoms with Crippen molar-refractivity contribution < 1.29 is 9.31 Å². The fourth-order valence-electron chi connectivity index (χ4n) is 14.8. The van der Waals surface area contributed by atoms with Gasteiger partial charge in [-0.05, 0) is 98.4 Å². The Balaban J connectivity index is 0.000000128. The van der Waals surface area contributed by atoms with Crippen molar-refractivity contribution in [2.75, 3.05) is 0 Å². The van der Waals surface area contributed by atoms with Gasteiger partial charge in [-0.1, -0.05) is 339 Å². The maximum absolute atomic E-state index is 6.35. The molecule has 120 heavy (non-hydrogen) atoms. The largest absolute Gasteiger partial charge is 0.494 e. The first-order valence-electron chi connectivity index (χ1n) is 39.7. The highest BCUT2D eigenvalue weighted by Crippen LogP contribution is 2.44. The van der Waals surface area contributed by atoms with E-state index in [9.17, 15) is 0 Å². The van der Waals surface area contributed by atoms with Crippen LogP contribution in [0.5, 0.6) is 0 Å². The second-order valence-electron chi connectivity index (χ2n) is 30.2. The summed E-state index contributed by atoms with van der Waals surface area (Å²) < 4.78 is 17.7. The van der Waals surface area contributed by atoms with Crippen LogP contribution < -0.4 is 5.46 Å². The number of hydrogen-bond acceptors (Lipinski definition) is 14. The molecule has 12 nitrogen and oxygen atoms in total. The average molecular weight is 1610 g/mol. The van der Waals surface area contributed by atoms with Crippen LogP contribution >= 0.6 is 34.3 Å². The number of aromatic nitrogens is 10. The van der Waals surface area contributed by atoms with Gasteiger partial charge in [-0.25, -0.2) is 49.8 Å². The van der Waals surface area contributed by atoms with E-state index in [1.165, 1.54) is 40.3 Å². The smallest absolute Gasteiger partial charge is 0.399 e. The molecule has 21 rings (SSSR count). The fourth-order valence-corrected chi connectivity index (χ4v) is 17.5. The average Bonchev–Trinajstić information content (AvgIpc) is 1.45. The number of rotatable bonds is 14. The third-order valence-electron chi connectivity index (χ3n) is 21.7. The molecule has 0 radical (unpaired) electrons. The molecule has 1 aliphatic rings. The van der Waals surface area contributed by atoms with Crippen LogP contribution in [0.3, 0.4) is 0 Å². The molecule has 1 saturated heterocycles. The van der Waals surface area contributed by atoms with Crippen LogP contribution in [-0.4, -0.2) is 68.2 Å². The van der Waals surface area contributed by atoms with Crippen molar-refractivity contribution >= 4 is 87.2 Å². The summed E-state index contributed by atoms with van der Waals surface area (Å²) in [5, 5.41) is 5.69. The standard InChI is InChI=1S/C49H31N5S.C34H29BN2O2S.C21H14ClN3/c1-4-15-32(16-5-1)46-50-42(31-43(51-46)41-27-14-26-40-39-25-10-11-28-44(39)55-45(40)41)37-23-12-21-35(29-37)36-22-13-24-38(30-36)49-53-47(33-17-6-2-7-18-33)52-48(54-49)34-19-8-3-9-20-34;1-33(2)34(3,4)39-35(38-33)24-15-10-14-23(20-24)28-21-29(37-32(36-28)22-12-6-5-7-13-22)27-18-11-17-26-25-16-8-9-19-30(25)40-31(26)27;22-18-13-7-12-17(14-18)21-24-19(15-8-3-1-4-9-15)23-20(25-21)16-10-5-2-6-11-16/h1-31H;5-21H,1-4H3;1-14H. The van der Waals surface area contributed by atoms with E-state index in [4.69, 9.17) is 55.8 Å². The van der Waals surface area contributed by atoms with Gasteiger partial charge in [0, 0.05) is 107 Å². The predicted molar refractivity (Wildman–Crippen MR) is 494 cm³/mol. The maximum Gasteiger partial charge on any atom is 0.494 e. The van der Waals surface area contributed by atoms with Gasteiger partial charge in [0.15, 0.2) is 46.6 Å². The summed E-state index contributed by atoms with van der Waals surface area (Å²) in [5.74, 6) is 5.18. The lowest BCUT2D eigenvalue weighted by Gasteiger charge is -2.32. The summed E-state index contributed by atoms with van der Waals surface area (Å²) in [4.78, 5) is 49.3. The Morgan fingerprint density at radius 3 is 0.900 bits per heavy atom. The molecule has 574 valence electrons. The van der Waals surface area contributed by atoms with Gasteiger partial charge >= 0.3 is 7.12 Å². The zero-order valence-corrected chi connectivity index (χ0v) is 68.2. The van der Waals surface area contributed by atoms with Crippen LogP contribution in [0.2, 0.25) is 5.02 Å². The first-order valence-corrected chi connectivity index (χ1v) is 41.7. The van der Waals surface area contributed by atoms with Gasteiger partial charge in [0.2, 0.25) is 0 Å². The number of benzene rings is 14. The quantitative estimate of drug-likeness (QED) is 0.0955. The summed E-state index contributed by atoms with van der Waals surface area (Å²) in [7, 11) is -0.438. The molecule has 0 bridgehead atoms. The van der Waals surface area contributed by atoms with Crippen molar-refractivity contribution in [2.45, 2.75) is 38.9 Å². The molecule has 0 unspecified atom stereocenters. The van der Waals surface area contributed by atoms with E-state index in [0.29, 0.717) is 51.6 Å². The lowest BCUT2D eigenvalue weighted by atomic mass is 9.78. The van der Waals surface area contributed by atoms with Gasteiger partial charge in [-0.3, -0.25) is 0 Å². The lowest BCUT2D eigenvalue weighted by Crippen LogP contribution is -2.41. The number of halogens is 1. The summed E-state index contributed by atoms with van der Waals surface area (Å²) in [6.45, 7) is 8.31. The minimum atomic E-state index is -0.438. The van der Waals surface area contributed by atoms with Crippen LogP contribution in [0.15, 0.2) is 376 Å². The highest BCUT2D eigenvalue weighted by atomic mass is 35.5. The molecule has 0 atom stereocenters. The molecule has 0 spiro atoms. The highest BCUT2D eigenvalue weighted by Gasteiger charge is 2.52. The maximum atomic E-state index is 6.35. The van der Waals surface area contributed by atoms with E-state index < -0.39 is 18.3 Å². The molecule has 0 N–H and O–H groups in total. The minimum absolute atomic E-state index is 0.404. The van der Waals surface area contributed by atoms with Gasteiger partial charge < -0.3 is 9.31 Å². The molecular weight excluding hydrogens is 1530 g/mol. The van der Waals surface area contributed by atoms with E-state index in [-0.39, 0.29) is 0 Å². The van der Waals surface area contributed by atoms with Crippen LogP contribution in [0.1, 0.15) is 27.7 Å². The van der Waals surface area contributed by atoms with E-state index in [1.807, 2.05) is 211 Å². The predicted octanol–water partition coefficient (Wildman–Crippen LogP) is 26.4. The van der Waals surface area contributed by atoms with Crippen LogP contribution in [0.4, 0.5) is 0 Å². The van der Waals surface area contributed by atoms with Gasteiger partial charge in [0.1, 0.15) is 0 Å². The van der Waals surface area contributed by atoms with Gasteiger partial charge in [-0.2, -0.15) is 0 Å². The summed E-state index contributed by atoms with van der Waals surface area (Å²) in [5.41, 5.74) is 17.5. The molecular formula is C104H74BClN10O2S2. The van der Waals surface area contributed by atoms with Crippen molar-refractivity contribution in [2.24, 2.45) is 0 Å². The fraction of sp³-hybridized carbons (Fsp3) is 0.0577. The second kappa shape index (κ2) is 33.2. The van der Waals surface area contributed by atoms with Crippen molar-refractivity contribution in [3.63, 3.8) is 0 Å². The Bertz CT molecular complexity index is 7020. The number of nitrogens with zero attached hydrogens (tertiary/aromatic N) is 10. The molecule has 14 aromatic carbocycles. The van der Waals surface area contributed by atoms with Crippen molar-refractivity contribution in [3.8, 4) is 147 Å². The SMILES string of the molecule is CC1(C)OB(c2cccc(-c3cc(-c4cccc5c4sc4ccccc45)nc(-c4ccccc4)n3)c2)OC1(C)C.Clc1cccc(-c2nc(-c3ccccc3)nc(-c3ccccc3)n2)c1.c1ccc(-c2nc(-c3cccc(-c4cccc(-c5nc(-c6ccccc6)nc(-c6ccccc6)n5)c4)c3)cc(-c3cccc4c3sc3ccccc34)n2)cc1. The number of hydrogen-bond donors (Lipinski definition) is 0. The zero-order chi connectivity index (χ0) is 81.1. The topological polar surface area (TPSA) is 147 Å².